The largest absolute Gasteiger partial charge is 0.360 e. The lowest BCUT2D eigenvalue weighted by atomic mass is 10.0. The number of fused-ring (bicyclic) bond motifs is 2. The second kappa shape index (κ2) is 8.67. The molecule has 5 rings (SSSR count). The number of carbonyl (C=O) groups excluding carboxylic acids is 1. The molecule has 3 heterocycles. The van der Waals surface area contributed by atoms with Crippen LogP contribution in [0.25, 0.3) is 33.1 Å². The van der Waals surface area contributed by atoms with Crippen molar-refractivity contribution in [1.82, 2.24) is 19.3 Å². The number of pyridine rings is 1. The summed E-state index contributed by atoms with van der Waals surface area (Å²) in [6.45, 7) is 10.5. The molecule has 1 fully saturated rings. The van der Waals surface area contributed by atoms with Gasteiger partial charge < -0.3 is 14.6 Å². The number of nitrogens with one attached hydrogen (secondary N) is 1. The number of rotatable bonds is 8. The van der Waals surface area contributed by atoms with Crippen LogP contribution < -0.4 is 5.32 Å². The monoisotopic (exact) mass is 475 g/mol. The Hall–Kier alpha value is -2.97. The fourth-order valence-electron chi connectivity index (χ4n) is 4.27. The Kier molecular flexibility index (Phi) is 5.81. The fraction of sp³-hybridized carbons (Fsp3) is 0.423. The normalized spacial score (nSPS) is 14.3. The van der Waals surface area contributed by atoms with E-state index in [9.17, 15) is 4.79 Å². The van der Waals surface area contributed by atoms with Crippen LogP contribution in [0.2, 0.25) is 25.7 Å². The minimum Gasteiger partial charge on any atom is -0.360 e. The second-order valence-corrected chi connectivity index (χ2v) is 16.3. The number of anilines is 1. The van der Waals surface area contributed by atoms with Gasteiger partial charge in [-0.25, -0.2) is 9.67 Å². The maximum Gasteiger partial charge on any atom is 0.228 e. The van der Waals surface area contributed by atoms with Gasteiger partial charge in [0.15, 0.2) is 0 Å². The summed E-state index contributed by atoms with van der Waals surface area (Å²) in [4.78, 5) is 16.6. The Morgan fingerprint density at radius 2 is 1.91 bits per heavy atom. The number of hydrogen-bond donors (Lipinski definition) is 1. The van der Waals surface area contributed by atoms with Crippen LogP contribution in [0.5, 0.6) is 0 Å². The SMILES string of the molecule is Cc1cc2c(cnn2COCC[Si](C)(C)C)cc1-c1cc2cc(NC(=O)C3CC3)ncc2n1C. The number of benzene rings is 1. The summed E-state index contributed by atoms with van der Waals surface area (Å²) >= 11 is 0. The van der Waals surface area contributed by atoms with Crippen molar-refractivity contribution < 1.29 is 9.53 Å². The summed E-state index contributed by atoms with van der Waals surface area (Å²) < 4.78 is 10.0. The van der Waals surface area contributed by atoms with Crippen molar-refractivity contribution in [3.8, 4) is 11.3 Å². The Balaban J connectivity index is 1.40. The molecular formula is C26H33N5O2Si. The first kappa shape index (κ1) is 22.8. The second-order valence-electron chi connectivity index (χ2n) is 10.7. The Morgan fingerprint density at radius 3 is 2.65 bits per heavy atom. The van der Waals surface area contributed by atoms with E-state index < -0.39 is 8.07 Å². The van der Waals surface area contributed by atoms with Crippen molar-refractivity contribution in [3.63, 3.8) is 0 Å². The first-order valence-corrected chi connectivity index (χ1v) is 15.7. The molecule has 1 aliphatic rings. The molecule has 0 radical (unpaired) electrons. The van der Waals surface area contributed by atoms with Gasteiger partial charge in [-0.2, -0.15) is 5.10 Å². The summed E-state index contributed by atoms with van der Waals surface area (Å²) in [5.74, 6) is 0.847. The van der Waals surface area contributed by atoms with E-state index in [1.165, 1.54) is 5.56 Å². The lowest BCUT2D eigenvalue weighted by molar-refractivity contribution is -0.117. The predicted octanol–water partition coefficient (Wildman–Crippen LogP) is 5.56. The third-order valence-corrected chi connectivity index (χ3v) is 8.31. The number of aryl methyl sites for hydroxylation is 2. The molecule has 1 aromatic carbocycles. The highest BCUT2D eigenvalue weighted by molar-refractivity contribution is 6.76. The average Bonchev–Trinajstić information content (AvgIpc) is 3.49. The standard InChI is InChI=1S/C26H33N5O2Si/c1-17-10-22-20(14-28-31(22)16-33-8-9-34(3,4)5)11-21(17)23-12-19-13-25(27-15-24(19)30(23)2)29-26(32)18-6-7-18/h10-15,18H,6-9,16H2,1-5H3,(H,27,29,32). The van der Waals surface area contributed by atoms with Crippen molar-refractivity contribution in [1.29, 1.82) is 0 Å². The molecule has 0 atom stereocenters. The quantitative estimate of drug-likeness (QED) is 0.267. The molecule has 1 amide bonds. The van der Waals surface area contributed by atoms with Gasteiger partial charge in [0.05, 0.1) is 23.4 Å². The van der Waals surface area contributed by atoms with Gasteiger partial charge in [0, 0.05) is 49.7 Å². The third kappa shape index (κ3) is 4.65. The summed E-state index contributed by atoms with van der Waals surface area (Å²) in [6, 6.07) is 9.67. The molecule has 34 heavy (non-hydrogen) atoms. The number of nitrogens with zero attached hydrogens (tertiary/aromatic N) is 4. The van der Waals surface area contributed by atoms with Crippen LogP contribution in [0.4, 0.5) is 5.82 Å². The zero-order chi connectivity index (χ0) is 24.0. The zero-order valence-electron chi connectivity index (χ0n) is 20.7. The van der Waals surface area contributed by atoms with Crippen LogP contribution in [0.3, 0.4) is 0 Å². The van der Waals surface area contributed by atoms with Crippen LogP contribution in [0.15, 0.2) is 36.7 Å². The van der Waals surface area contributed by atoms with Gasteiger partial charge >= 0.3 is 0 Å². The first-order valence-electron chi connectivity index (χ1n) is 12.0. The highest BCUT2D eigenvalue weighted by Crippen LogP contribution is 2.34. The molecule has 178 valence electrons. The van der Waals surface area contributed by atoms with Crippen molar-refractivity contribution in [2.75, 3.05) is 11.9 Å². The van der Waals surface area contributed by atoms with E-state index in [1.807, 2.05) is 23.1 Å². The first-order chi connectivity index (χ1) is 16.2. The third-order valence-electron chi connectivity index (χ3n) is 6.60. The molecule has 0 spiro atoms. The van der Waals surface area contributed by atoms with Gasteiger partial charge in [-0.05, 0) is 55.6 Å². The number of aromatic nitrogens is 4. The van der Waals surface area contributed by atoms with E-state index in [4.69, 9.17) is 4.74 Å². The van der Waals surface area contributed by atoms with Gasteiger partial charge in [0.25, 0.3) is 0 Å². The molecule has 3 aromatic heterocycles. The minimum atomic E-state index is -1.10. The van der Waals surface area contributed by atoms with Crippen molar-refractivity contribution in [2.45, 2.75) is 52.2 Å². The van der Waals surface area contributed by atoms with Crippen LogP contribution >= 0.6 is 0 Å². The van der Waals surface area contributed by atoms with Gasteiger partial charge in [-0.3, -0.25) is 4.79 Å². The lowest BCUT2D eigenvalue weighted by Gasteiger charge is -2.15. The predicted molar refractivity (Wildman–Crippen MR) is 140 cm³/mol. The maximum absolute atomic E-state index is 12.1. The number of carbonyl (C=O) groups is 1. The minimum absolute atomic E-state index is 0.0748. The molecule has 7 nitrogen and oxygen atoms in total. The molecule has 0 unspecified atom stereocenters. The molecule has 0 aliphatic heterocycles. The number of hydrogen-bond acceptors (Lipinski definition) is 4. The van der Waals surface area contributed by atoms with Gasteiger partial charge in [-0.15, -0.1) is 0 Å². The van der Waals surface area contributed by atoms with Gasteiger partial charge in [-0.1, -0.05) is 19.6 Å². The molecule has 0 saturated heterocycles. The van der Waals surface area contributed by atoms with E-state index in [1.54, 1.807) is 0 Å². The fourth-order valence-corrected chi connectivity index (χ4v) is 5.03. The van der Waals surface area contributed by atoms with Crippen LogP contribution in [-0.4, -0.2) is 39.9 Å². The van der Waals surface area contributed by atoms with Gasteiger partial charge in [0.1, 0.15) is 12.5 Å². The molecular weight excluding hydrogens is 442 g/mol. The van der Waals surface area contributed by atoms with Crippen LogP contribution in [0, 0.1) is 12.8 Å². The van der Waals surface area contributed by atoms with E-state index in [-0.39, 0.29) is 11.8 Å². The molecule has 4 aromatic rings. The highest BCUT2D eigenvalue weighted by Gasteiger charge is 2.29. The van der Waals surface area contributed by atoms with E-state index in [2.05, 4.69) is 71.8 Å². The van der Waals surface area contributed by atoms with E-state index in [0.29, 0.717) is 12.5 Å². The zero-order valence-corrected chi connectivity index (χ0v) is 21.7. The van der Waals surface area contributed by atoms with Crippen LogP contribution in [0.1, 0.15) is 18.4 Å². The lowest BCUT2D eigenvalue weighted by Crippen LogP contribution is -2.22. The number of amides is 1. The average molecular weight is 476 g/mol. The summed E-state index contributed by atoms with van der Waals surface area (Å²) in [6.07, 6.45) is 5.71. The Morgan fingerprint density at radius 1 is 1.12 bits per heavy atom. The highest BCUT2D eigenvalue weighted by atomic mass is 28.3. The van der Waals surface area contributed by atoms with Crippen molar-refractivity contribution in [2.24, 2.45) is 13.0 Å². The molecule has 1 saturated carbocycles. The molecule has 8 heteroatoms. The van der Waals surface area contributed by atoms with Crippen molar-refractivity contribution >= 4 is 41.6 Å². The topological polar surface area (TPSA) is 74.0 Å². The Labute approximate surface area is 201 Å². The maximum atomic E-state index is 12.1. The van der Waals surface area contributed by atoms with E-state index >= 15 is 0 Å². The molecule has 0 bridgehead atoms. The van der Waals surface area contributed by atoms with E-state index in [0.717, 1.165) is 58.6 Å². The summed E-state index contributed by atoms with van der Waals surface area (Å²) in [5, 5.41) is 9.68. The molecule has 1 aliphatic carbocycles. The Bertz CT molecular complexity index is 1380. The van der Waals surface area contributed by atoms with Crippen molar-refractivity contribution in [3.05, 3.63) is 42.2 Å². The smallest absolute Gasteiger partial charge is 0.228 e. The van der Waals surface area contributed by atoms with Gasteiger partial charge in [0.2, 0.25) is 5.91 Å². The number of ether oxygens (including phenoxy) is 1. The summed E-state index contributed by atoms with van der Waals surface area (Å²) in [5.41, 5.74) is 5.57. The van der Waals surface area contributed by atoms with Crippen LogP contribution in [-0.2, 0) is 23.3 Å². The molecule has 1 N–H and O–H groups in total. The summed E-state index contributed by atoms with van der Waals surface area (Å²) in [7, 11) is 0.954.